The first-order valence-electron chi connectivity index (χ1n) is 10.00. The van der Waals surface area contributed by atoms with Crippen LogP contribution in [-0.4, -0.2) is 30.9 Å². The number of hydrogen-bond donors (Lipinski definition) is 1. The Balaban J connectivity index is 1.79. The number of halogens is 1. The summed E-state index contributed by atoms with van der Waals surface area (Å²) >= 11 is 6.09. The molecule has 0 unspecified atom stereocenters. The predicted molar refractivity (Wildman–Crippen MR) is 128 cm³/mol. The van der Waals surface area contributed by atoms with Crippen LogP contribution in [0.3, 0.4) is 0 Å². The van der Waals surface area contributed by atoms with E-state index in [1.807, 2.05) is 49.4 Å². The van der Waals surface area contributed by atoms with Crippen molar-refractivity contribution in [1.82, 2.24) is 5.16 Å². The Bertz CT molecular complexity index is 1460. The van der Waals surface area contributed by atoms with Crippen molar-refractivity contribution in [2.24, 2.45) is 0 Å². The van der Waals surface area contributed by atoms with E-state index in [-0.39, 0.29) is 16.3 Å². The molecule has 3 aromatic carbocycles. The molecule has 0 saturated heterocycles. The van der Waals surface area contributed by atoms with Gasteiger partial charge in [-0.05, 0) is 41.3 Å². The van der Waals surface area contributed by atoms with Gasteiger partial charge in [0.1, 0.15) is 5.69 Å². The van der Waals surface area contributed by atoms with E-state index < -0.39 is 15.8 Å². The molecule has 0 radical (unpaired) electrons. The molecular weight excluding hydrogens is 462 g/mol. The number of carboxylic acids is 1. The molecule has 8 heteroatoms. The second-order valence-corrected chi connectivity index (χ2v) is 10.3. The molecule has 6 nitrogen and oxygen atoms in total. The molecular formula is C25H20ClNO5S. The van der Waals surface area contributed by atoms with Crippen molar-refractivity contribution >= 4 is 27.4 Å². The minimum absolute atomic E-state index is 0.00176. The molecule has 1 heterocycles. The van der Waals surface area contributed by atoms with Crippen LogP contribution < -0.4 is 0 Å². The first-order chi connectivity index (χ1) is 15.6. The Morgan fingerprint density at radius 1 is 1.00 bits per heavy atom. The lowest BCUT2D eigenvalue weighted by Gasteiger charge is -2.15. The molecule has 0 amide bonds. The summed E-state index contributed by atoms with van der Waals surface area (Å²) in [7, 11) is -3.29. The molecule has 1 aromatic heterocycles. The monoisotopic (exact) mass is 481 g/mol. The average molecular weight is 482 g/mol. The Hall–Kier alpha value is -3.42. The zero-order valence-corrected chi connectivity index (χ0v) is 19.4. The fraction of sp³-hybridized carbons (Fsp3) is 0.120. The molecule has 0 aliphatic carbocycles. The van der Waals surface area contributed by atoms with Crippen molar-refractivity contribution in [3.8, 4) is 33.7 Å². The number of rotatable bonds is 6. The van der Waals surface area contributed by atoms with Crippen molar-refractivity contribution in [3.63, 3.8) is 0 Å². The highest BCUT2D eigenvalue weighted by atomic mass is 35.5. The maximum atomic E-state index is 12.2. The number of nitrogens with zero attached hydrogens (tertiary/aromatic N) is 1. The predicted octanol–water partition coefficient (Wildman–Crippen LogP) is 5.88. The lowest BCUT2D eigenvalue weighted by atomic mass is 9.92. The van der Waals surface area contributed by atoms with Gasteiger partial charge in [0.15, 0.2) is 15.6 Å². The number of hydrogen-bond acceptors (Lipinski definition) is 5. The number of carboxylic acid groups (broad SMARTS) is 1. The fourth-order valence-corrected chi connectivity index (χ4v) is 4.90. The topological polar surface area (TPSA) is 97.5 Å². The van der Waals surface area contributed by atoms with Crippen LogP contribution in [0.15, 0.2) is 71.3 Å². The molecule has 33 heavy (non-hydrogen) atoms. The van der Waals surface area contributed by atoms with Crippen molar-refractivity contribution in [2.75, 3.05) is 6.26 Å². The third-order valence-electron chi connectivity index (χ3n) is 5.36. The third kappa shape index (κ3) is 4.84. The van der Waals surface area contributed by atoms with Crippen molar-refractivity contribution < 1.29 is 22.8 Å². The van der Waals surface area contributed by atoms with Crippen LogP contribution in [0, 0.1) is 6.92 Å². The summed E-state index contributed by atoms with van der Waals surface area (Å²) in [6, 6.07) is 19.6. The van der Waals surface area contributed by atoms with Gasteiger partial charge in [0, 0.05) is 23.4 Å². The molecule has 4 aromatic rings. The van der Waals surface area contributed by atoms with Crippen LogP contribution in [0.4, 0.5) is 0 Å². The minimum atomic E-state index is -3.29. The van der Waals surface area contributed by atoms with Gasteiger partial charge in [-0.1, -0.05) is 65.3 Å². The molecule has 0 fully saturated rings. The van der Waals surface area contributed by atoms with E-state index in [1.54, 1.807) is 12.1 Å². The summed E-state index contributed by atoms with van der Waals surface area (Å²) in [6.45, 7) is 1.86. The SMILES string of the molecule is Cc1c(-c2cc(-c3ccc(C(=O)O)c(Cl)c3)no2)ccc(-c2ccccc2)c1CS(C)(=O)=O. The highest BCUT2D eigenvalue weighted by Crippen LogP contribution is 2.36. The molecule has 0 aliphatic rings. The van der Waals surface area contributed by atoms with E-state index in [1.165, 1.54) is 18.4 Å². The van der Waals surface area contributed by atoms with Crippen LogP contribution in [0.2, 0.25) is 5.02 Å². The fourth-order valence-electron chi connectivity index (χ4n) is 3.75. The largest absolute Gasteiger partial charge is 0.478 e. The zero-order valence-electron chi connectivity index (χ0n) is 17.9. The van der Waals surface area contributed by atoms with E-state index in [0.717, 1.165) is 22.3 Å². The number of benzene rings is 3. The first-order valence-corrected chi connectivity index (χ1v) is 12.4. The van der Waals surface area contributed by atoms with Crippen molar-refractivity contribution in [1.29, 1.82) is 0 Å². The average Bonchev–Trinajstić information content (AvgIpc) is 3.24. The highest BCUT2D eigenvalue weighted by Gasteiger charge is 2.20. The summed E-state index contributed by atoms with van der Waals surface area (Å²) in [4.78, 5) is 11.2. The maximum Gasteiger partial charge on any atom is 0.337 e. The minimum Gasteiger partial charge on any atom is -0.478 e. The molecule has 0 bridgehead atoms. The molecule has 4 rings (SSSR count). The maximum absolute atomic E-state index is 12.2. The first kappa shape index (κ1) is 22.8. The van der Waals surface area contributed by atoms with Crippen LogP contribution >= 0.6 is 11.6 Å². The Labute approximate surface area is 196 Å². The van der Waals surface area contributed by atoms with Gasteiger partial charge in [-0.15, -0.1) is 0 Å². The van der Waals surface area contributed by atoms with Crippen LogP contribution in [0.1, 0.15) is 21.5 Å². The van der Waals surface area contributed by atoms with Gasteiger partial charge in [0.25, 0.3) is 0 Å². The van der Waals surface area contributed by atoms with Gasteiger partial charge in [0.05, 0.1) is 16.3 Å². The zero-order chi connectivity index (χ0) is 23.8. The number of carbonyl (C=O) groups is 1. The van der Waals surface area contributed by atoms with Crippen LogP contribution in [0.5, 0.6) is 0 Å². The van der Waals surface area contributed by atoms with Crippen LogP contribution in [0.25, 0.3) is 33.7 Å². The molecule has 168 valence electrons. The second kappa shape index (κ2) is 8.84. The smallest absolute Gasteiger partial charge is 0.337 e. The Morgan fingerprint density at radius 3 is 2.33 bits per heavy atom. The third-order valence-corrected chi connectivity index (χ3v) is 6.49. The summed E-state index contributed by atoms with van der Waals surface area (Å²) in [5, 5.41) is 13.4. The summed E-state index contributed by atoms with van der Waals surface area (Å²) in [5.41, 5.74) is 5.07. The van der Waals surface area contributed by atoms with Gasteiger partial charge >= 0.3 is 5.97 Å². The quantitative estimate of drug-likeness (QED) is 0.369. The summed E-state index contributed by atoms with van der Waals surface area (Å²) < 4.78 is 30.0. The molecule has 1 N–H and O–H groups in total. The molecule has 0 spiro atoms. The van der Waals surface area contributed by atoms with Gasteiger partial charge < -0.3 is 9.63 Å². The Morgan fingerprint density at radius 2 is 1.70 bits per heavy atom. The van der Waals surface area contributed by atoms with E-state index in [0.29, 0.717) is 22.6 Å². The normalized spacial score (nSPS) is 11.5. The van der Waals surface area contributed by atoms with Gasteiger partial charge in [-0.3, -0.25) is 0 Å². The Kier molecular flexibility index (Phi) is 6.10. The lowest BCUT2D eigenvalue weighted by Crippen LogP contribution is -2.05. The lowest BCUT2D eigenvalue weighted by molar-refractivity contribution is 0.0697. The second-order valence-electron chi connectivity index (χ2n) is 7.78. The number of aromatic nitrogens is 1. The molecule has 0 atom stereocenters. The van der Waals surface area contributed by atoms with Crippen molar-refractivity contribution in [3.05, 3.63) is 88.4 Å². The van der Waals surface area contributed by atoms with E-state index in [2.05, 4.69) is 5.16 Å². The van der Waals surface area contributed by atoms with Gasteiger partial charge in [-0.25, -0.2) is 13.2 Å². The summed E-state index contributed by atoms with van der Waals surface area (Å²) in [5.74, 6) is -0.750. The van der Waals surface area contributed by atoms with E-state index >= 15 is 0 Å². The molecule has 0 aliphatic heterocycles. The van der Waals surface area contributed by atoms with E-state index in [9.17, 15) is 13.2 Å². The number of sulfone groups is 1. The van der Waals surface area contributed by atoms with Crippen LogP contribution in [-0.2, 0) is 15.6 Å². The number of aromatic carboxylic acids is 1. The molecule has 0 saturated carbocycles. The highest BCUT2D eigenvalue weighted by molar-refractivity contribution is 7.89. The van der Waals surface area contributed by atoms with E-state index in [4.69, 9.17) is 21.2 Å². The summed E-state index contributed by atoms with van der Waals surface area (Å²) in [6.07, 6.45) is 1.21. The van der Waals surface area contributed by atoms with Crippen molar-refractivity contribution in [2.45, 2.75) is 12.7 Å². The standard InChI is InChI=1S/C25H20ClNO5S/c1-15-18(10-11-19(16-6-4-3-5-7-16)21(15)14-33(2,30)31)24-13-23(27-32-24)17-8-9-20(25(28)29)22(26)12-17/h3-13H,14H2,1-2H3,(H,28,29). The van der Waals surface area contributed by atoms with Gasteiger partial charge in [0.2, 0.25) is 0 Å². The van der Waals surface area contributed by atoms with Gasteiger partial charge in [-0.2, -0.15) is 0 Å².